The summed E-state index contributed by atoms with van der Waals surface area (Å²) in [5.41, 5.74) is 3.06. The molecule has 1 aliphatic rings. The number of carbonyl (C=O) groups excluding carboxylic acids is 1. The zero-order chi connectivity index (χ0) is 15.6. The number of nitrogens with one attached hydrogen (secondary N) is 1. The van der Waals surface area contributed by atoms with Crippen LogP contribution in [0.15, 0.2) is 18.2 Å². The van der Waals surface area contributed by atoms with Gasteiger partial charge in [0.05, 0.1) is 0 Å². The van der Waals surface area contributed by atoms with E-state index in [9.17, 15) is 4.79 Å². The molecule has 1 aromatic rings. The summed E-state index contributed by atoms with van der Waals surface area (Å²) >= 11 is 0. The standard InChI is InChI=1S/C18H28N2O/c1-12-9-10-15(18(21)20(4)5)11-16(12)19-17-13(2)7-6-8-14(17)3/h9-11,13-14,17,19H,6-8H2,1-5H3. The molecule has 1 aliphatic carbocycles. The van der Waals surface area contributed by atoms with Crippen LogP contribution in [0.2, 0.25) is 0 Å². The number of benzene rings is 1. The first-order valence-corrected chi connectivity index (χ1v) is 7.99. The minimum absolute atomic E-state index is 0.0581. The molecule has 0 radical (unpaired) electrons. The first-order chi connectivity index (χ1) is 9.90. The van der Waals surface area contributed by atoms with E-state index >= 15 is 0 Å². The van der Waals surface area contributed by atoms with E-state index in [1.54, 1.807) is 19.0 Å². The predicted molar refractivity (Wildman–Crippen MR) is 88.8 cm³/mol. The van der Waals surface area contributed by atoms with E-state index in [4.69, 9.17) is 0 Å². The van der Waals surface area contributed by atoms with Crippen LogP contribution in [0, 0.1) is 18.8 Å². The third-order valence-corrected chi connectivity index (χ3v) is 4.76. The third-order valence-electron chi connectivity index (χ3n) is 4.76. The van der Waals surface area contributed by atoms with E-state index in [1.807, 2.05) is 18.2 Å². The van der Waals surface area contributed by atoms with Gasteiger partial charge in [-0.2, -0.15) is 0 Å². The molecule has 1 amide bonds. The van der Waals surface area contributed by atoms with E-state index in [0.717, 1.165) is 11.3 Å². The van der Waals surface area contributed by atoms with Crippen molar-refractivity contribution in [2.45, 2.75) is 46.1 Å². The Bertz CT molecular complexity index is 500. The van der Waals surface area contributed by atoms with Crippen LogP contribution in [0.25, 0.3) is 0 Å². The second-order valence-corrected chi connectivity index (χ2v) is 6.78. The lowest BCUT2D eigenvalue weighted by Gasteiger charge is -2.36. The molecule has 21 heavy (non-hydrogen) atoms. The summed E-state index contributed by atoms with van der Waals surface area (Å²) in [6.45, 7) is 6.76. The van der Waals surface area contributed by atoms with Gasteiger partial charge >= 0.3 is 0 Å². The maximum absolute atomic E-state index is 12.1. The molecule has 2 rings (SSSR count). The van der Waals surface area contributed by atoms with Crippen LogP contribution >= 0.6 is 0 Å². The summed E-state index contributed by atoms with van der Waals surface area (Å²) in [5.74, 6) is 1.42. The molecule has 0 bridgehead atoms. The molecule has 0 aromatic heterocycles. The maximum atomic E-state index is 12.1. The van der Waals surface area contributed by atoms with Crippen LogP contribution in [0.4, 0.5) is 5.69 Å². The second kappa shape index (κ2) is 6.50. The molecule has 0 aliphatic heterocycles. The molecule has 116 valence electrons. The Morgan fingerprint density at radius 3 is 2.38 bits per heavy atom. The number of hydrogen-bond acceptors (Lipinski definition) is 2. The third kappa shape index (κ3) is 3.58. The van der Waals surface area contributed by atoms with Gasteiger partial charge in [-0.15, -0.1) is 0 Å². The molecular weight excluding hydrogens is 260 g/mol. The molecule has 1 N–H and O–H groups in total. The van der Waals surface area contributed by atoms with Crippen molar-refractivity contribution in [3.63, 3.8) is 0 Å². The molecule has 1 fully saturated rings. The summed E-state index contributed by atoms with van der Waals surface area (Å²) in [6.07, 6.45) is 3.91. The molecule has 1 aromatic carbocycles. The number of carbonyl (C=O) groups is 1. The first-order valence-electron chi connectivity index (χ1n) is 7.99. The number of rotatable bonds is 3. The molecule has 3 nitrogen and oxygen atoms in total. The number of nitrogens with zero attached hydrogens (tertiary/aromatic N) is 1. The Kier molecular flexibility index (Phi) is 4.92. The second-order valence-electron chi connectivity index (χ2n) is 6.78. The van der Waals surface area contributed by atoms with Gasteiger partial charge in [-0.1, -0.05) is 26.3 Å². The van der Waals surface area contributed by atoms with Gasteiger partial charge < -0.3 is 10.2 Å². The topological polar surface area (TPSA) is 32.3 Å². The average molecular weight is 288 g/mol. The van der Waals surface area contributed by atoms with Crippen LogP contribution < -0.4 is 5.32 Å². The van der Waals surface area contributed by atoms with Gasteiger partial charge in [-0.05, 0) is 49.3 Å². The Hall–Kier alpha value is -1.51. The van der Waals surface area contributed by atoms with Crippen molar-refractivity contribution in [2.75, 3.05) is 19.4 Å². The SMILES string of the molecule is Cc1ccc(C(=O)N(C)C)cc1NC1C(C)CCCC1C. The van der Waals surface area contributed by atoms with Crippen molar-refractivity contribution in [1.82, 2.24) is 4.90 Å². The van der Waals surface area contributed by atoms with Crippen LogP contribution in [0.5, 0.6) is 0 Å². The number of hydrogen-bond donors (Lipinski definition) is 1. The summed E-state index contributed by atoms with van der Waals surface area (Å²) in [7, 11) is 3.58. The molecular formula is C18H28N2O. The van der Waals surface area contributed by atoms with E-state index in [2.05, 4.69) is 26.1 Å². The summed E-state index contributed by atoms with van der Waals surface area (Å²) in [6, 6.07) is 6.46. The van der Waals surface area contributed by atoms with Gasteiger partial charge in [0.25, 0.3) is 5.91 Å². The van der Waals surface area contributed by atoms with E-state index in [1.165, 1.54) is 24.8 Å². The van der Waals surface area contributed by atoms with Gasteiger partial charge in [0.1, 0.15) is 0 Å². The van der Waals surface area contributed by atoms with Crippen molar-refractivity contribution >= 4 is 11.6 Å². The Morgan fingerprint density at radius 1 is 1.19 bits per heavy atom. The Morgan fingerprint density at radius 2 is 1.81 bits per heavy atom. The Labute approximate surface area is 128 Å². The lowest BCUT2D eigenvalue weighted by molar-refractivity contribution is 0.0827. The minimum Gasteiger partial charge on any atom is -0.382 e. The average Bonchev–Trinajstić information content (AvgIpc) is 2.44. The van der Waals surface area contributed by atoms with Crippen molar-refractivity contribution < 1.29 is 4.79 Å². The minimum atomic E-state index is 0.0581. The normalized spacial score (nSPS) is 25.5. The quantitative estimate of drug-likeness (QED) is 0.914. The lowest BCUT2D eigenvalue weighted by Crippen LogP contribution is -2.37. The fourth-order valence-corrected chi connectivity index (χ4v) is 3.31. The van der Waals surface area contributed by atoms with E-state index < -0.39 is 0 Å². The van der Waals surface area contributed by atoms with Gasteiger partial charge in [0, 0.05) is 31.4 Å². The van der Waals surface area contributed by atoms with Crippen LogP contribution in [0.3, 0.4) is 0 Å². The fraction of sp³-hybridized carbons (Fsp3) is 0.611. The number of aryl methyl sites for hydroxylation is 1. The van der Waals surface area contributed by atoms with Crippen LogP contribution in [-0.4, -0.2) is 30.9 Å². The van der Waals surface area contributed by atoms with Crippen LogP contribution in [-0.2, 0) is 0 Å². The molecule has 0 heterocycles. The molecule has 1 saturated carbocycles. The van der Waals surface area contributed by atoms with E-state index in [-0.39, 0.29) is 5.91 Å². The molecule has 3 heteroatoms. The zero-order valence-corrected chi connectivity index (χ0v) is 13.9. The highest BCUT2D eigenvalue weighted by atomic mass is 16.2. The highest BCUT2D eigenvalue weighted by Crippen LogP contribution is 2.32. The van der Waals surface area contributed by atoms with Crippen molar-refractivity contribution in [3.05, 3.63) is 29.3 Å². The predicted octanol–water partition coefficient (Wildman–Crippen LogP) is 3.93. The van der Waals surface area contributed by atoms with Crippen molar-refractivity contribution in [1.29, 1.82) is 0 Å². The first kappa shape index (κ1) is 15.9. The molecule has 2 atom stereocenters. The molecule has 0 spiro atoms. The largest absolute Gasteiger partial charge is 0.382 e. The van der Waals surface area contributed by atoms with Crippen molar-refractivity contribution in [2.24, 2.45) is 11.8 Å². The van der Waals surface area contributed by atoms with Gasteiger partial charge in [0.15, 0.2) is 0 Å². The fourth-order valence-electron chi connectivity index (χ4n) is 3.31. The smallest absolute Gasteiger partial charge is 0.253 e. The van der Waals surface area contributed by atoms with Gasteiger partial charge in [-0.3, -0.25) is 4.79 Å². The maximum Gasteiger partial charge on any atom is 0.253 e. The van der Waals surface area contributed by atoms with Crippen molar-refractivity contribution in [3.8, 4) is 0 Å². The molecule has 2 unspecified atom stereocenters. The highest BCUT2D eigenvalue weighted by Gasteiger charge is 2.27. The van der Waals surface area contributed by atoms with Gasteiger partial charge in [-0.25, -0.2) is 0 Å². The lowest BCUT2D eigenvalue weighted by atomic mass is 9.78. The monoisotopic (exact) mass is 288 g/mol. The summed E-state index contributed by atoms with van der Waals surface area (Å²) < 4.78 is 0. The number of amides is 1. The highest BCUT2D eigenvalue weighted by molar-refractivity contribution is 5.95. The zero-order valence-electron chi connectivity index (χ0n) is 13.9. The van der Waals surface area contributed by atoms with Gasteiger partial charge in [0.2, 0.25) is 0 Å². The van der Waals surface area contributed by atoms with Crippen LogP contribution in [0.1, 0.15) is 49.0 Å². The summed E-state index contributed by atoms with van der Waals surface area (Å²) in [4.78, 5) is 13.8. The Balaban J connectivity index is 2.22. The van der Waals surface area contributed by atoms with E-state index in [0.29, 0.717) is 17.9 Å². The molecule has 0 saturated heterocycles. The summed E-state index contributed by atoms with van der Waals surface area (Å²) in [5, 5.41) is 3.71. The number of anilines is 1.